The zero-order valence-corrected chi connectivity index (χ0v) is 11.9. The van der Waals surface area contributed by atoms with Gasteiger partial charge in [0, 0.05) is 19.6 Å². The average Bonchev–Trinajstić information content (AvgIpc) is 2.26. The Bertz CT molecular complexity index is 379. The van der Waals surface area contributed by atoms with Gasteiger partial charge in [0.2, 0.25) is 10.0 Å². The number of rotatable bonds is 5. The molecule has 5 nitrogen and oxygen atoms in total. The van der Waals surface area contributed by atoms with Crippen molar-refractivity contribution in [2.75, 3.05) is 32.4 Å². The molecule has 2 rings (SSSR count). The van der Waals surface area contributed by atoms with Crippen LogP contribution in [0.2, 0.25) is 0 Å². The Kier molecular flexibility index (Phi) is 4.31. The molecule has 1 heterocycles. The average molecular weight is 276 g/mol. The second-order valence-electron chi connectivity index (χ2n) is 5.84. The van der Waals surface area contributed by atoms with Crippen LogP contribution in [-0.2, 0) is 10.0 Å². The first-order valence-corrected chi connectivity index (χ1v) is 8.62. The third-order valence-electron chi connectivity index (χ3n) is 4.12. The Morgan fingerprint density at radius 3 is 2.67 bits per heavy atom. The molecule has 2 fully saturated rings. The van der Waals surface area contributed by atoms with Crippen molar-refractivity contribution in [2.24, 2.45) is 5.92 Å². The van der Waals surface area contributed by atoms with Crippen molar-refractivity contribution in [1.82, 2.24) is 9.62 Å². The molecule has 1 saturated carbocycles. The second-order valence-corrected chi connectivity index (χ2v) is 7.82. The number of piperidine rings is 1. The quantitative estimate of drug-likeness (QED) is 0.750. The standard InChI is InChI=1S/C12H24N2O3S/c1-18(16,17)14-7-2-4-11(9-14)8-13-10-12(15)5-3-6-12/h11,13,15H,2-10H2,1H3. The number of nitrogens with one attached hydrogen (secondary N) is 1. The predicted molar refractivity (Wildman–Crippen MR) is 70.8 cm³/mol. The minimum Gasteiger partial charge on any atom is -0.389 e. The lowest BCUT2D eigenvalue weighted by atomic mass is 9.80. The zero-order valence-electron chi connectivity index (χ0n) is 11.1. The molecular weight excluding hydrogens is 252 g/mol. The van der Waals surface area contributed by atoms with Gasteiger partial charge in [-0.15, -0.1) is 0 Å². The minimum absolute atomic E-state index is 0.372. The normalized spacial score (nSPS) is 28.9. The fourth-order valence-electron chi connectivity index (χ4n) is 2.77. The SMILES string of the molecule is CS(=O)(=O)N1CCCC(CNCC2(O)CCC2)C1. The van der Waals surface area contributed by atoms with Gasteiger partial charge in [-0.1, -0.05) is 0 Å². The molecular formula is C12H24N2O3S. The largest absolute Gasteiger partial charge is 0.389 e. The lowest BCUT2D eigenvalue weighted by Gasteiger charge is -2.38. The van der Waals surface area contributed by atoms with Crippen molar-refractivity contribution in [3.05, 3.63) is 0 Å². The maximum Gasteiger partial charge on any atom is 0.211 e. The van der Waals surface area contributed by atoms with E-state index >= 15 is 0 Å². The van der Waals surface area contributed by atoms with Crippen LogP contribution in [0.5, 0.6) is 0 Å². The summed E-state index contributed by atoms with van der Waals surface area (Å²) < 4.78 is 24.5. The summed E-state index contributed by atoms with van der Waals surface area (Å²) in [6, 6.07) is 0. The molecule has 1 saturated heterocycles. The molecule has 0 amide bonds. The highest BCUT2D eigenvalue weighted by Crippen LogP contribution is 2.30. The number of hydrogen-bond donors (Lipinski definition) is 2. The third kappa shape index (κ3) is 3.66. The van der Waals surface area contributed by atoms with Gasteiger partial charge in [0.1, 0.15) is 0 Å². The molecule has 1 aliphatic heterocycles. The van der Waals surface area contributed by atoms with E-state index in [4.69, 9.17) is 0 Å². The van der Waals surface area contributed by atoms with Gasteiger partial charge in [0.05, 0.1) is 11.9 Å². The number of sulfonamides is 1. The molecule has 6 heteroatoms. The van der Waals surface area contributed by atoms with Gasteiger partial charge in [0.25, 0.3) is 0 Å². The van der Waals surface area contributed by atoms with Crippen molar-refractivity contribution >= 4 is 10.0 Å². The highest BCUT2D eigenvalue weighted by Gasteiger charge is 2.34. The Morgan fingerprint density at radius 1 is 1.39 bits per heavy atom. The topological polar surface area (TPSA) is 69.6 Å². The lowest BCUT2D eigenvalue weighted by molar-refractivity contribution is -0.0320. The van der Waals surface area contributed by atoms with Gasteiger partial charge in [-0.2, -0.15) is 0 Å². The summed E-state index contributed by atoms with van der Waals surface area (Å²) >= 11 is 0. The maximum absolute atomic E-state index is 11.5. The van der Waals surface area contributed by atoms with Crippen LogP contribution in [0.15, 0.2) is 0 Å². The molecule has 0 aromatic heterocycles. The molecule has 18 heavy (non-hydrogen) atoms. The zero-order chi connectivity index (χ0) is 13.2. The molecule has 0 spiro atoms. The van der Waals surface area contributed by atoms with Crippen molar-refractivity contribution in [1.29, 1.82) is 0 Å². The number of aliphatic hydroxyl groups is 1. The van der Waals surface area contributed by atoms with E-state index in [1.165, 1.54) is 6.26 Å². The fourth-order valence-corrected chi connectivity index (χ4v) is 3.71. The van der Waals surface area contributed by atoms with Gasteiger partial charge >= 0.3 is 0 Å². The smallest absolute Gasteiger partial charge is 0.211 e. The summed E-state index contributed by atoms with van der Waals surface area (Å²) in [7, 11) is -3.05. The van der Waals surface area contributed by atoms with Crippen LogP contribution in [0.1, 0.15) is 32.1 Å². The van der Waals surface area contributed by atoms with Gasteiger partial charge in [-0.25, -0.2) is 12.7 Å². The van der Waals surface area contributed by atoms with E-state index in [9.17, 15) is 13.5 Å². The maximum atomic E-state index is 11.5. The molecule has 0 bridgehead atoms. The Morgan fingerprint density at radius 2 is 2.11 bits per heavy atom. The second kappa shape index (κ2) is 5.45. The van der Waals surface area contributed by atoms with E-state index in [1.54, 1.807) is 4.31 Å². The number of hydrogen-bond acceptors (Lipinski definition) is 4. The Balaban J connectivity index is 1.72. The van der Waals surface area contributed by atoms with Crippen LogP contribution >= 0.6 is 0 Å². The summed E-state index contributed by atoms with van der Waals surface area (Å²) in [5.41, 5.74) is -0.495. The first-order valence-electron chi connectivity index (χ1n) is 6.77. The first-order chi connectivity index (χ1) is 8.39. The van der Waals surface area contributed by atoms with E-state index in [2.05, 4.69) is 5.32 Å². The van der Waals surface area contributed by atoms with Crippen molar-refractivity contribution in [3.8, 4) is 0 Å². The molecule has 106 valence electrons. The van der Waals surface area contributed by atoms with Crippen molar-refractivity contribution in [3.63, 3.8) is 0 Å². The van der Waals surface area contributed by atoms with Crippen LogP contribution in [-0.4, -0.2) is 55.9 Å². The van der Waals surface area contributed by atoms with Crippen molar-refractivity contribution in [2.45, 2.75) is 37.7 Å². The van der Waals surface area contributed by atoms with Crippen LogP contribution in [0.25, 0.3) is 0 Å². The highest BCUT2D eigenvalue weighted by atomic mass is 32.2. The fraction of sp³-hybridized carbons (Fsp3) is 1.00. The molecule has 2 N–H and O–H groups in total. The summed E-state index contributed by atoms with van der Waals surface area (Å²) in [5, 5.41) is 13.2. The van der Waals surface area contributed by atoms with Gasteiger partial charge in [-0.3, -0.25) is 0 Å². The Labute approximate surface area is 110 Å². The summed E-state index contributed by atoms with van der Waals surface area (Å²) in [6.45, 7) is 2.71. The van der Waals surface area contributed by atoms with Crippen LogP contribution in [0.3, 0.4) is 0 Å². The number of nitrogens with zero attached hydrogens (tertiary/aromatic N) is 1. The first kappa shape index (κ1) is 14.2. The van der Waals surface area contributed by atoms with Gasteiger partial charge in [-0.05, 0) is 44.6 Å². The predicted octanol–water partition coefficient (Wildman–Crippen LogP) is 0.163. The molecule has 0 radical (unpaired) electrons. The van der Waals surface area contributed by atoms with Gasteiger partial charge in [0.15, 0.2) is 0 Å². The van der Waals surface area contributed by atoms with Crippen LogP contribution in [0.4, 0.5) is 0 Å². The molecule has 1 unspecified atom stereocenters. The lowest BCUT2D eigenvalue weighted by Crippen LogP contribution is -2.49. The van der Waals surface area contributed by atoms with E-state index in [-0.39, 0.29) is 0 Å². The Hall–Kier alpha value is -0.170. The third-order valence-corrected chi connectivity index (χ3v) is 5.39. The molecule has 1 aliphatic carbocycles. The summed E-state index contributed by atoms with van der Waals surface area (Å²) in [5.74, 6) is 0.372. The summed E-state index contributed by atoms with van der Waals surface area (Å²) in [4.78, 5) is 0. The molecule has 1 atom stereocenters. The monoisotopic (exact) mass is 276 g/mol. The summed E-state index contributed by atoms with van der Waals surface area (Å²) in [6.07, 6.45) is 6.17. The molecule has 2 aliphatic rings. The van der Waals surface area contributed by atoms with Crippen molar-refractivity contribution < 1.29 is 13.5 Å². The van der Waals surface area contributed by atoms with Crippen LogP contribution in [0, 0.1) is 5.92 Å². The van der Waals surface area contributed by atoms with E-state index in [1.807, 2.05) is 0 Å². The van der Waals surface area contributed by atoms with Gasteiger partial charge < -0.3 is 10.4 Å². The molecule has 0 aromatic carbocycles. The van der Waals surface area contributed by atoms with Crippen LogP contribution < -0.4 is 5.32 Å². The van der Waals surface area contributed by atoms with E-state index in [0.29, 0.717) is 25.6 Å². The highest BCUT2D eigenvalue weighted by molar-refractivity contribution is 7.88. The van der Waals surface area contributed by atoms with E-state index < -0.39 is 15.6 Å². The minimum atomic E-state index is -3.05. The van der Waals surface area contributed by atoms with E-state index in [0.717, 1.165) is 38.6 Å². The molecule has 0 aromatic rings.